The quantitative estimate of drug-likeness (QED) is 0.585. The number of rotatable bonds is 8. The maximum atomic E-state index is 6.03. The zero-order chi connectivity index (χ0) is 11.0. The largest absolute Gasteiger partial charge is 0.362 e. The van der Waals surface area contributed by atoms with Gasteiger partial charge in [-0.25, -0.2) is 0 Å². The van der Waals surface area contributed by atoms with Gasteiger partial charge in [0.1, 0.15) is 5.56 Å². The van der Waals surface area contributed by atoms with Crippen molar-refractivity contribution < 1.29 is 4.74 Å². The third-order valence-corrected chi connectivity index (χ3v) is 2.52. The molecule has 0 fully saturated rings. The van der Waals surface area contributed by atoms with Crippen molar-refractivity contribution in [3.63, 3.8) is 0 Å². The molecular formula is C11H24ClNO. The highest BCUT2D eigenvalue weighted by atomic mass is 35.5. The van der Waals surface area contributed by atoms with Gasteiger partial charge in [-0.15, -0.1) is 0 Å². The van der Waals surface area contributed by atoms with Crippen molar-refractivity contribution in [2.45, 2.75) is 39.7 Å². The third-order valence-electron chi connectivity index (χ3n) is 2.18. The molecule has 0 aliphatic carbocycles. The molecule has 0 aromatic heterocycles. The van der Waals surface area contributed by atoms with E-state index in [-0.39, 0.29) is 5.56 Å². The van der Waals surface area contributed by atoms with Crippen LogP contribution in [0.1, 0.15) is 34.1 Å². The number of halogens is 1. The smallest absolute Gasteiger partial charge is 0.132 e. The van der Waals surface area contributed by atoms with Gasteiger partial charge in [0.25, 0.3) is 0 Å². The molecule has 2 nitrogen and oxygen atoms in total. The minimum atomic E-state index is -0.127. The standard InChI is InChI=1S/C11H24ClNO/c1-5-13(6-2)8-7-11(12)14-9-10(3)4/h10-11H,5-9H2,1-4H3. The average Bonchev–Trinajstić information content (AvgIpc) is 2.16. The zero-order valence-corrected chi connectivity index (χ0v) is 10.7. The van der Waals surface area contributed by atoms with Gasteiger partial charge in [0.15, 0.2) is 0 Å². The number of nitrogens with zero attached hydrogens (tertiary/aromatic N) is 1. The van der Waals surface area contributed by atoms with E-state index < -0.39 is 0 Å². The summed E-state index contributed by atoms with van der Waals surface area (Å²) in [5.74, 6) is 0.560. The van der Waals surface area contributed by atoms with Gasteiger partial charge in [-0.3, -0.25) is 0 Å². The van der Waals surface area contributed by atoms with Gasteiger partial charge in [0, 0.05) is 13.0 Å². The minimum absolute atomic E-state index is 0.127. The van der Waals surface area contributed by atoms with Crippen molar-refractivity contribution in [1.82, 2.24) is 4.90 Å². The monoisotopic (exact) mass is 221 g/mol. The highest BCUT2D eigenvalue weighted by Gasteiger charge is 2.07. The van der Waals surface area contributed by atoms with E-state index in [2.05, 4.69) is 32.6 Å². The molecule has 0 aromatic rings. The van der Waals surface area contributed by atoms with Gasteiger partial charge in [-0.1, -0.05) is 39.3 Å². The zero-order valence-electron chi connectivity index (χ0n) is 9.92. The van der Waals surface area contributed by atoms with Crippen molar-refractivity contribution in [2.75, 3.05) is 26.2 Å². The van der Waals surface area contributed by atoms with E-state index in [1.807, 2.05) is 0 Å². The predicted octanol–water partition coefficient (Wildman–Crippen LogP) is 2.96. The van der Waals surface area contributed by atoms with Crippen LogP contribution in [0.25, 0.3) is 0 Å². The topological polar surface area (TPSA) is 12.5 Å². The van der Waals surface area contributed by atoms with Gasteiger partial charge in [-0.05, 0) is 19.0 Å². The van der Waals surface area contributed by atoms with Gasteiger partial charge >= 0.3 is 0 Å². The lowest BCUT2D eigenvalue weighted by Gasteiger charge is -2.20. The van der Waals surface area contributed by atoms with Gasteiger partial charge in [0.05, 0.1) is 6.61 Å². The Kier molecular flexibility index (Phi) is 8.64. The van der Waals surface area contributed by atoms with Gasteiger partial charge < -0.3 is 9.64 Å². The fourth-order valence-corrected chi connectivity index (χ4v) is 1.37. The molecule has 0 spiro atoms. The molecule has 0 bridgehead atoms. The third kappa shape index (κ3) is 7.60. The lowest BCUT2D eigenvalue weighted by atomic mass is 10.2. The Morgan fingerprint density at radius 1 is 1.21 bits per heavy atom. The highest BCUT2D eigenvalue weighted by molar-refractivity contribution is 6.19. The molecular weight excluding hydrogens is 198 g/mol. The summed E-state index contributed by atoms with van der Waals surface area (Å²) < 4.78 is 5.48. The Morgan fingerprint density at radius 2 is 1.79 bits per heavy atom. The van der Waals surface area contributed by atoms with E-state index in [0.717, 1.165) is 32.7 Å². The fraction of sp³-hybridized carbons (Fsp3) is 1.00. The van der Waals surface area contributed by atoms with Crippen LogP contribution in [-0.4, -0.2) is 36.7 Å². The van der Waals surface area contributed by atoms with E-state index in [4.69, 9.17) is 16.3 Å². The molecule has 0 aromatic carbocycles. The van der Waals surface area contributed by atoms with E-state index >= 15 is 0 Å². The molecule has 1 unspecified atom stereocenters. The molecule has 1 atom stereocenters. The number of hydrogen-bond donors (Lipinski definition) is 0. The van der Waals surface area contributed by atoms with E-state index in [0.29, 0.717) is 5.92 Å². The maximum Gasteiger partial charge on any atom is 0.132 e. The summed E-state index contributed by atoms with van der Waals surface area (Å²) in [6.07, 6.45) is 0.913. The van der Waals surface area contributed by atoms with E-state index in [9.17, 15) is 0 Å². The molecule has 0 N–H and O–H groups in total. The molecule has 0 aliphatic rings. The van der Waals surface area contributed by atoms with Crippen molar-refractivity contribution >= 4 is 11.6 Å². The van der Waals surface area contributed by atoms with E-state index in [1.54, 1.807) is 0 Å². The first kappa shape index (κ1) is 14.2. The van der Waals surface area contributed by atoms with Crippen LogP contribution < -0.4 is 0 Å². The first-order chi connectivity index (χ1) is 6.60. The normalized spacial score (nSPS) is 13.9. The summed E-state index contributed by atoms with van der Waals surface area (Å²) in [7, 11) is 0. The van der Waals surface area contributed by atoms with Crippen LogP contribution in [0.2, 0.25) is 0 Å². The van der Waals surface area contributed by atoms with Crippen molar-refractivity contribution in [3.8, 4) is 0 Å². The molecule has 0 radical (unpaired) electrons. The van der Waals surface area contributed by atoms with Crippen LogP contribution in [0, 0.1) is 5.92 Å². The van der Waals surface area contributed by atoms with E-state index in [1.165, 1.54) is 0 Å². The number of ether oxygens (including phenoxy) is 1. The summed E-state index contributed by atoms with van der Waals surface area (Å²) in [5, 5.41) is 0. The van der Waals surface area contributed by atoms with Crippen molar-refractivity contribution in [1.29, 1.82) is 0 Å². The summed E-state index contributed by atoms with van der Waals surface area (Å²) in [4.78, 5) is 2.36. The average molecular weight is 222 g/mol. The maximum absolute atomic E-state index is 6.03. The van der Waals surface area contributed by atoms with Crippen LogP contribution in [-0.2, 0) is 4.74 Å². The van der Waals surface area contributed by atoms with Crippen LogP contribution >= 0.6 is 11.6 Å². The highest BCUT2D eigenvalue weighted by Crippen LogP contribution is 2.07. The van der Waals surface area contributed by atoms with Crippen molar-refractivity contribution in [2.24, 2.45) is 5.92 Å². The van der Waals surface area contributed by atoms with Crippen LogP contribution in [0.5, 0.6) is 0 Å². The summed E-state index contributed by atoms with van der Waals surface area (Å²) in [6.45, 7) is 12.6. The molecule has 0 saturated heterocycles. The summed E-state index contributed by atoms with van der Waals surface area (Å²) >= 11 is 6.03. The fourth-order valence-electron chi connectivity index (χ4n) is 1.20. The molecule has 86 valence electrons. The molecule has 0 amide bonds. The Hall–Kier alpha value is 0.210. The summed E-state index contributed by atoms with van der Waals surface area (Å²) in [5.41, 5.74) is -0.127. The van der Waals surface area contributed by atoms with Gasteiger partial charge in [-0.2, -0.15) is 0 Å². The number of hydrogen-bond acceptors (Lipinski definition) is 2. The van der Waals surface area contributed by atoms with Gasteiger partial charge in [0.2, 0.25) is 0 Å². The van der Waals surface area contributed by atoms with Crippen molar-refractivity contribution in [3.05, 3.63) is 0 Å². The predicted molar refractivity (Wildman–Crippen MR) is 62.8 cm³/mol. The van der Waals surface area contributed by atoms with Crippen LogP contribution in [0.15, 0.2) is 0 Å². The Labute approximate surface area is 93.6 Å². The number of alkyl halides is 1. The Balaban J connectivity index is 3.46. The molecule has 0 saturated carbocycles. The lowest BCUT2D eigenvalue weighted by Crippen LogP contribution is -2.26. The first-order valence-corrected chi connectivity index (χ1v) is 6.01. The minimum Gasteiger partial charge on any atom is -0.362 e. The van der Waals surface area contributed by atoms with Crippen LogP contribution in [0.3, 0.4) is 0 Å². The molecule has 0 rings (SSSR count). The molecule has 14 heavy (non-hydrogen) atoms. The summed E-state index contributed by atoms with van der Waals surface area (Å²) in [6, 6.07) is 0. The second kappa shape index (κ2) is 8.51. The molecule has 3 heteroatoms. The van der Waals surface area contributed by atoms with Crippen LogP contribution in [0.4, 0.5) is 0 Å². The second-order valence-electron chi connectivity index (χ2n) is 3.95. The molecule has 0 aliphatic heterocycles. The molecule has 0 heterocycles. The lowest BCUT2D eigenvalue weighted by molar-refractivity contribution is 0.0736. The SMILES string of the molecule is CCN(CC)CCC(Cl)OCC(C)C. The Morgan fingerprint density at radius 3 is 2.21 bits per heavy atom. The second-order valence-corrected chi connectivity index (χ2v) is 4.44. The Bertz CT molecular complexity index is 126. The first-order valence-electron chi connectivity index (χ1n) is 5.58.